The molecule has 1 atom stereocenters. The Kier molecular flexibility index (Phi) is 6.72. The lowest BCUT2D eigenvalue weighted by molar-refractivity contribution is 0.0134. The van der Waals surface area contributed by atoms with E-state index in [1.54, 1.807) is 6.07 Å². The summed E-state index contributed by atoms with van der Waals surface area (Å²) in [5, 5.41) is 0. The van der Waals surface area contributed by atoms with E-state index in [9.17, 15) is 8.42 Å². The van der Waals surface area contributed by atoms with E-state index in [-0.39, 0.29) is 6.04 Å². The second-order valence-electron chi connectivity index (χ2n) is 7.92. The first-order valence-corrected chi connectivity index (χ1v) is 11.4. The number of nitrogens with zero attached hydrogens (tertiary/aromatic N) is 1. The fraction of sp³-hybridized carbons (Fsp3) is 0.700. The molecule has 0 radical (unpaired) electrons. The van der Waals surface area contributed by atoms with Gasteiger partial charge in [0.2, 0.25) is 10.0 Å². The highest BCUT2D eigenvalue weighted by molar-refractivity contribution is 7.89. The summed E-state index contributed by atoms with van der Waals surface area (Å²) in [6.45, 7) is 8.03. The van der Waals surface area contributed by atoms with Crippen LogP contribution in [0, 0.1) is 5.92 Å². The minimum Gasteiger partial charge on any atom is -0.379 e. The van der Waals surface area contributed by atoms with Gasteiger partial charge in [-0.15, -0.1) is 0 Å². The molecule has 26 heavy (non-hydrogen) atoms. The number of morpholine rings is 1. The minimum absolute atomic E-state index is 0.214. The number of sulfonamides is 1. The van der Waals surface area contributed by atoms with Crippen molar-refractivity contribution in [1.29, 1.82) is 0 Å². The third-order valence-corrected chi connectivity index (χ3v) is 6.87. The van der Waals surface area contributed by atoms with Crippen LogP contribution in [-0.4, -0.2) is 52.2 Å². The summed E-state index contributed by atoms with van der Waals surface area (Å²) in [6.07, 6.45) is 5.39. The monoisotopic (exact) mass is 380 g/mol. The minimum atomic E-state index is -3.47. The van der Waals surface area contributed by atoms with Crippen LogP contribution in [-0.2, 0) is 27.6 Å². The van der Waals surface area contributed by atoms with E-state index in [0.29, 0.717) is 17.4 Å². The molecule has 1 aromatic carbocycles. The van der Waals surface area contributed by atoms with Gasteiger partial charge in [-0.3, -0.25) is 4.90 Å². The highest BCUT2D eigenvalue weighted by Gasteiger charge is 2.25. The Morgan fingerprint density at radius 2 is 1.81 bits per heavy atom. The maximum Gasteiger partial charge on any atom is 0.240 e. The number of nitrogens with one attached hydrogen (secondary N) is 1. The van der Waals surface area contributed by atoms with Gasteiger partial charge >= 0.3 is 0 Å². The molecule has 5 nitrogen and oxygen atoms in total. The lowest BCUT2D eigenvalue weighted by Crippen LogP contribution is -2.49. The quantitative estimate of drug-likeness (QED) is 0.790. The van der Waals surface area contributed by atoms with E-state index in [4.69, 9.17) is 4.74 Å². The zero-order chi connectivity index (χ0) is 18.6. The number of rotatable bonds is 7. The third-order valence-electron chi connectivity index (χ3n) is 5.44. The highest BCUT2D eigenvalue weighted by atomic mass is 32.2. The van der Waals surface area contributed by atoms with E-state index in [0.717, 1.165) is 52.0 Å². The first kappa shape index (κ1) is 19.8. The first-order chi connectivity index (χ1) is 12.5. The molecular weight excluding hydrogens is 348 g/mol. The molecule has 146 valence electrons. The molecule has 2 aliphatic rings. The Balaban J connectivity index is 1.68. The van der Waals surface area contributed by atoms with Crippen molar-refractivity contribution in [2.75, 3.05) is 32.8 Å². The van der Waals surface area contributed by atoms with Crippen LogP contribution in [0.4, 0.5) is 0 Å². The highest BCUT2D eigenvalue weighted by Crippen LogP contribution is 2.24. The summed E-state index contributed by atoms with van der Waals surface area (Å²) in [7, 11) is -3.47. The molecule has 6 heteroatoms. The van der Waals surface area contributed by atoms with Gasteiger partial charge in [0.25, 0.3) is 0 Å². The predicted molar refractivity (Wildman–Crippen MR) is 104 cm³/mol. The van der Waals surface area contributed by atoms with Gasteiger partial charge in [-0.25, -0.2) is 13.1 Å². The molecule has 0 unspecified atom stereocenters. The molecule has 0 amide bonds. The van der Waals surface area contributed by atoms with Gasteiger partial charge in [0.1, 0.15) is 0 Å². The maximum absolute atomic E-state index is 12.8. The van der Waals surface area contributed by atoms with Crippen LogP contribution < -0.4 is 4.72 Å². The summed E-state index contributed by atoms with van der Waals surface area (Å²) in [5.41, 5.74) is 2.51. The van der Waals surface area contributed by atoms with E-state index >= 15 is 0 Å². The van der Waals surface area contributed by atoms with Crippen molar-refractivity contribution in [1.82, 2.24) is 9.62 Å². The summed E-state index contributed by atoms with van der Waals surface area (Å²) >= 11 is 0. The van der Waals surface area contributed by atoms with Gasteiger partial charge in [0, 0.05) is 25.7 Å². The molecule has 0 bridgehead atoms. The Bertz CT molecular complexity index is 697. The molecule has 0 spiro atoms. The predicted octanol–water partition coefficient (Wildman–Crippen LogP) is 2.59. The zero-order valence-corrected chi connectivity index (χ0v) is 16.9. The Hall–Kier alpha value is -0.950. The summed E-state index contributed by atoms with van der Waals surface area (Å²) in [5.74, 6) is 0.524. The summed E-state index contributed by atoms with van der Waals surface area (Å²) < 4.78 is 34.0. The number of benzene rings is 1. The molecule has 1 aromatic rings. The Labute approximate surface area is 158 Å². The smallest absolute Gasteiger partial charge is 0.240 e. The Morgan fingerprint density at radius 1 is 1.12 bits per heavy atom. The van der Waals surface area contributed by atoms with Gasteiger partial charge in [-0.2, -0.15) is 0 Å². The van der Waals surface area contributed by atoms with E-state index in [1.807, 2.05) is 12.1 Å². The van der Waals surface area contributed by atoms with E-state index < -0.39 is 10.0 Å². The van der Waals surface area contributed by atoms with Crippen LogP contribution >= 0.6 is 0 Å². The molecule has 1 fully saturated rings. The molecule has 0 aromatic heterocycles. The van der Waals surface area contributed by atoms with Crippen molar-refractivity contribution in [2.45, 2.75) is 56.9 Å². The molecule has 1 aliphatic heterocycles. The van der Waals surface area contributed by atoms with Gasteiger partial charge in [0.15, 0.2) is 0 Å². The van der Waals surface area contributed by atoms with Crippen molar-refractivity contribution >= 4 is 10.0 Å². The number of hydrogen-bond acceptors (Lipinski definition) is 4. The standard InChI is InChI=1S/C20H32N2O3S/c1-16(2)13-19(22-9-11-25-12-10-22)15-21-26(23,24)20-8-7-17-5-3-4-6-18(17)14-20/h7-8,14,16,19,21H,3-6,9-13,15H2,1-2H3/t19-/m1/s1. The second-order valence-corrected chi connectivity index (χ2v) is 9.69. The second kappa shape index (κ2) is 8.83. The number of hydrogen-bond donors (Lipinski definition) is 1. The number of ether oxygens (including phenoxy) is 1. The zero-order valence-electron chi connectivity index (χ0n) is 16.0. The van der Waals surface area contributed by atoms with Gasteiger partial charge in [-0.05, 0) is 61.3 Å². The van der Waals surface area contributed by atoms with Crippen molar-refractivity contribution in [2.24, 2.45) is 5.92 Å². The van der Waals surface area contributed by atoms with Crippen molar-refractivity contribution in [3.63, 3.8) is 0 Å². The molecule has 1 aliphatic carbocycles. The normalized spacial score (nSPS) is 20.1. The lowest BCUT2D eigenvalue weighted by atomic mass is 9.92. The van der Waals surface area contributed by atoms with Gasteiger partial charge in [0.05, 0.1) is 18.1 Å². The van der Waals surface area contributed by atoms with Crippen molar-refractivity contribution in [3.05, 3.63) is 29.3 Å². The van der Waals surface area contributed by atoms with Gasteiger partial charge < -0.3 is 4.74 Å². The lowest BCUT2D eigenvalue weighted by Gasteiger charge is -2.35. The largest absolute Gasteiger partial charge is 0.379 e. The average molecular weight is 381 g/mol. The van der Waals surface area contributed by atoms with Crippen LogP contribution in [0.2, 0.25) is 0 Å². The van der Waals surface area contributed by atoms with Crippen LogP contribution in [0.25, 0.3) is 0 Å². The fourth-order valence-corrected chi connectivity index (χ4v) is 5.14. The fourth-order valence-electron chi connectivity index (χ4n) is 4.01. The molecule has 1 saturated heterocycles. The van der Waals surface area contributed by atoms with Crippen LogP contribution in [0.5, 0.6) is 0 Å². The third kappa shape index (κ3) is 5.06. The van der Waals surface area contributed by atoms with E-state index in [1.165, 1.54) is 17.5 Å². The maximum atomic E-state index is 12.8. The number of fused-ring (bicyclic) bond motifs is 1. The molecular formula is C20H32N2O3S. The average Bonchev–Trinajstić information content (AvgIpc) is 2.65. The molecule has 1 heterocycles. The van der Waals surface area contributed by atoms with Crippen LogP contribution in [0.15, 0.2) is 23.1 Å². The first-order valence-electron chi connectivity index (χ1n) is 9.89. The van der Waals surface area contributed by atoms with Crippen molar-refractivity contribution in [3.8, 4) is 0 Å². The molecule has 0 saturated carbocycles. The van der Waals surface area contributed by atoms with E-state index in [2.05, 4.69) is 23.5 Å². The number of aryl methyl sites for hydroxylation is 2. The Morgan fingerprint density at radius 3 is 2.50 bits per heavy atom. The summed E-state index contributed by atoms with van der Waals surface area (Å²) in [4.78, 5) is 2.77. The SMILES string of the molecule is CC(C)C[C@H](CNS(=O)(=O)c1ccc2c(c1)CCCC2)N1CCOCC1. The molecule has 3 rings (SSSR count). The topological polar surface area (TPSA) is 58.6 Å². The van der Waals surface area contributed by atoms with Gasteiger partial charge in [-0.1, -0.05) is 19.9 Å². The van der Waals surface area contributed by atoms with Crippen LogP contribution in [0.3, 0.4) is 0 Å². The van der Waals surface area contributed by atoms with Crippen molar-refractivity contribution < 1.29 is 13.2 Å². The van der Waals surface area contributed by atoms with Crippen LogP contribution in [0.1, 0.15) is 44.2 Å². The molecule has 1 N–H and O–H groups in total. The summed E-state index contributed by atoms with van der Waals surface area (Å²) in [6, 6.07) is 5.85.